The Bertz CT molecular complexity index is 781. The van der Waals surface area contributed by atoms with Gasteiger partial charge in [0.15, 0.2) is 6.10 Å². The van der Waals surface area contributed by atoms with Crippen molar-refractivity contribution in [2.24, 2.45) is 11.3 Å². The zero-order valence-corrected chi connectivity index (χ0v) is 18.3. The van der Waals surface area contributed by atoms with E-state index >= 15 is 0 Å². The number of carbonyl (C=O) groups is 3. The van der Waals surface area contributed by atoms with Crippen molar-refractivity contribution in [3.05, 3.63) is 48.6 Å². The van der Waals surface area contributed by atoms with Crippen LogP contribution in [0.4, 0.5) is 0 Å². The summed E-state index contributed by atoms with van der Waals surface area (Å²) in [4.78, 5) is 38.1. The molecule has 0 bridgehead atoms. The van der Waals surface area contributed by atoms with E-state index < -0.39 is 47.1 Å². The molecule has 0 saturated carbocycles. The number of allylic oxidation sites excluding steroid dienone is 1. The van der Waals surface area contributed by atoms with Crippen molar-refractivity contribution >= 4 is 17.8 Å². The molecule has 3 atom stereocenters. The Labute approximate surface area is 177 Å². The van der Waals surface area contributed by atoms with Gasteiger partial charge in [-0.2, -0.15) is 0 Å². The van der Waals surface area contributed by atoms with Crippen molar-refractivity contribution in [1.82, 2.24) is 5.32 Å². The molecule has 1 aromatic rings. The van der Waals surface area contributed by atoms with Crippen molar-refractivity contribution in [2.75, 3.05) is 0 Å². The highest BCUT2D eigenvalue weighted by Crippen LogP contribution is 2.30. The van der Waals surface area contributed by atoms with Crippen molar-refractivity contribution in [3.8, 4) is 0 Å². The lowest BCUT2D eigenvalue weighted by Gasteiger charge is -2.31. The van der Waals surface area contributed by atoms with Crippen molar-refractivity contribution in [1.29, 1.82) is 0 Å². The molecule has 1 aliphatic heterocycles. The Kier molecular flexibility index (Phi) is 7.42. The predicted molar refractivity (Wildman–Crippen MR) is 111 cm³/mol. The first-order valence-corrected chi connectivity index (χ1v) is 9.97. The van der Waals surface area contributed by atoms with Crippen molar-refractivity contribution in [3.63, 3.8) is 0 Å². The van der Waals surface area contributed by atoms with Gasteiger partial charge < -0.3 is 19.5 Å². The largest absolute Gasteiger partial charge is 0.459 e. The molecule has 2 unspecified atom stereocenters. The van der Waals surface area contributed by atoms with E-state index in [1.807, 2.05) is 51.1 Å². The highest BCUT2D eigenvalue weighted by molar-refractivity contribution is 5.91. The lowest BCUT2D eigenvalue weighted by atomic mass is 9.85. The zero-order valence-electron chi connectivity index (χ0n) is 18.3. The van der Waals surface area contributed by atoms with Crippen LogP contribution in [0, 0.1) is 11.3 Å². The second-order valence-electron chi connectivity index (χ2n) is 8.89. The average Bonchev–Trinajstić information content (AvgIpc) is 2.94. The molecule has 1 N–H and O–H groups in total. The van der Waals surface area contributed by atoms with Crippen molar-refractivity contribution in [2.45, 2.75) is 65.6 Å². The third-order valence-electron chi connectivity index (χ3n) is 4.72. The van der Waals surface area contributed by atoms with Gasteiger partial charge >= 0.3 is 11.9 Å². The Morgan fingerprint density at radius 2 is 1.90 bits per heavy atom. The van der Waals surface area contributed by atoms with E-state index in [1.54, 1.807) is 13.8 Å². The normalized spacial score (nSPS) is 20.0. The summed E-state index contributed by atoms with van der Waals surface area (Å²) in [6.07, 6.45) is 0.655. The van der Waals surface area contributed by atoms with Crippen LogP contribution in [0.2, 0.25) is 0 Å². The second-order valence-corrected chi connectivity index (χ2v) is 8.89. The summed E-state index contributed by atoms with van der Waals surface area (Å²) in [5, 5.41) is 2.75. The third-order valence-corrected chi connectivity index (χ3v) is 4.72. The standard InChI is InChI=1S/C23H31NO6/c1-7-11-16(17-20(26)30-23(5,6)29-17)19(25)24-18(22(2,3)4)21(27)28-14-15-12-9-8-10-13-15/h7-10,12-13,16-18H,1,11,14H2,2-6H3,(H,24,25)/t16-,17?,18?/m1/s1. The molecule has 0 aromatic heterocycles. The van der Waals surface area contributed by atoms with Gasteiger partial charge in [0.2, 0.25) is 11.7 Å². The van der Waals surface area contributed by atoms with Crippen molar-refractivity contribution < 1.29 is 28.6 Å². The Balaban J connectivity index is 2.13. The molecule has 1 fully saturated rings. The third kappa shape index (κ3) is 6.16. The molecular formula is C23H31NO6. The maximum Gasteiger partial charge on any atom is 0.338 e. The lowest BCUT2D eigenvalue weighted by Crippen LogP contribution is -2.53. The molecule has 0 spiro atoms. The summed E-state index contributed by atoms with van der Waals surface area (Å²) >= 11 is 0. The van der Waals surface area contributed by atoms with Crippen LogP contribution in [0.15, 0.2) is 43.0 Å². The number of cyclic esters (lactones) is 1. The quantitative estimate of drug-likeness (QED) is 0.516. The topological polar surface area (TPSA) is 90.9 Å². The molecular weight excluding hydrogens is 386 g/mol. The number of hydrogen-bond acceptors (Lipinski definition) is 6. The SMILES string of the molecule is C=CC[C@@H](C(=O)NC(C(=O)OCc1ccccc1)C(C)(C)C)C1OC(C)(C)OC1=O. The fourth-order valence-electron chi connectivity index (χ4n) is 3.16. The van der Waals surface area contributed by atoms with Gasteiger partial charge in [0.25, 0.3) is 0 Å². The van der Waals surface area contributed by atoms with Crippen LogP contribution in [-0.4, -0.2) is 35.8 Å². The highest BCUT2D eigenvalue weighted by atomic mass is 16.8. The fraction of sp³-hybridized carbons (Fsp3) is 0.522. The van der Waals surface area contributed by atoms with E-state index in [4.69, 9.17) is 14.2 Å². The summed E-state index contributed by atoms with van der Waals surface area (Å²) < 4.78 is 16.3. The van der Waals surface area contributed by atoms with Crippen LogP contribution >= 0.6 is 0 Å². The van der Waals surface area contributed by atoms with Crippen LogP contribution in [0.25, 0.3) is 0 Å². The molecule has 1 aliphatic rings. The minimum absolute atomic E-state index is 0.102. The van der Waals surface area contributed by atoms with E-state index in [-0.39, 0.29) is 13.0 Å². The van der Waals surface area contributed by atoms with E-state index in [0.717, 1.165) is 5.56 Å². The number of carbonyl (C=O) groups excluding carboxylic acids is 3. The van der Waals surface area contributed by atoms with E-state index in [2.05, 4.69) is 11.9 Å². The molecule has 1 heterocycles. The minimum Gasteiger partial charge on any atom is -0.459 e. The van der Waals surface area contributed by atoms with Crippen LogP contribution in [0.3, 0.4) is 0 Å². The van der Waals surface area contributed by atoms with Crippen LogP contribution in [0.5, 0.6) is 0 Å². The summed E-state index contributed by atoms with van der Waals surface area (Å²) in [7, 11) is 0. The number of rotatable bonds is 8. The number of amides is 1. The monoisotopic (exact) mass is 417 g/mol. The van der Waals surface area contributed by atoms with Gasteiger partial charge in [-0.1, -0.05) is 57.2 Å². The summed E-state index contributed by atoms with van der Waals surface area (Å²) in [5.41, 5.74) is 0.233. The van der Waals surface area contributed by atoms with Gasteiger partial charge in [-0.05, 0) is 17.4 Å². The molecule has 164 valence electrons. The van der Waals surface area contributed by atoms with Crippen LogP contribution in [-0.2, 0) is 35.2 Å². The maximum absolute atomic E-state index is 13.1. The Morgan fingerprint density at radius 1 is 1.27 bits per heavy atom. The van der Waals surface area contributed by atoms with Crippen LogP contribution in [0.1, 0.15) is 46.6 Å². The summed E-state index contributed by atoms with van der Waals surface area (Å²) in [6, 6.07) is 8.38. The fourth-order valence-corrected chi connectivity index (χ4v) is 3.16. The summed E-state index contributed by atoms with van der Waals surface area (Å²) in [5.74, 6) is -3.64. The smallest absolute Gasteiger partial charge is 0.338 e. The second kappa shape index (κ2) is 9.43. The minimum atomic E-state index is -1.11. The van der Waals surface area contributed by atoms with E-state index in [1.165, 1.54) is 6.08 Å². The van der Waals surface area contributed by atoms with Gasteiger partial charge in [-0.15, -0.1) is 6.58 Å². The van der Waals surface area contributed by atoms with E-state index in [9.17, 15) is 14.4 Å². The molecule has 0 aliphatic carbocycles. The number of hydrogen-bond donors (Lipinski definition) is 1. The molecule has 0 radical (unpaired) electrons. The van der Waals surface area contributed by atoms with Gasteiger partial charge in [0.1, 0.15) is 12.6 Å². The first-order chi connectivity index (χ1) is 13.9. The average molecular weight is 418 g/mol. The predicted octanol–water partition coefficient (Wildman–Crippen LogP) is 3.13. The van der Waals surface area contributed by atoms with Gasteiger partial charge in [-0.3, -0.25) is 4.79 Å². The Morgan fingerprint density at radius 3 is 2.40 bits per heavy atom. The number of benzene rings is 1. The van der Waals surface area contributed by atoms with Gasteiger partial charge in [0.05, 0.1) is 5.92 Å². The molecule has 7 heteroatoms. The molecule has 30 heavy (non-hydrogen) atoms. The molecule has 1 aromatic carbocycles. The Hall–Kier alpha value is -2.67. The van der Waals surface area contributed by atoms with Crippen LogP contribution < -0.4 is 5.32 Å². The first kappa shape index (κ1) is 23.6. The first-order valence-electron chi connectivity index (χ1n) is 9.97. The number of ether oxygens (including phenoxy) is 3. The maximum atomic E-state index is 13.1. The number of esters is 2. The molecule has 1 saturated heterocycles. The highest BCUT2D eigenvalue weighted by Gasteiger charge is 2.48. The lowest BCUT2D eigenvalue weighted by molar-refractivity contribution is -0.162. The van der Waals surface area contributed by atoms with Gasteiger partial charge in [0, 0.05) is 13.8 Å². The molecule has 1 amide bonds. The molecule has 7 nitrogen and oxygen atoms in total. The van der Waals surface area contributed by atoms with E-state index in [0.29, 0.717) is 0 Å². The summed E-state index contributed by atoms with van der Waals surface area (Å²) in [6.45, 7) is 12.5. The zero-order chi connectivity index (χ0) is 22.5. The number of nitrogens with one attached hydrogen (secondary N) is 1. The van der Waals surface area contributed by atoms with Gasteiger partial charge in [-0.25, -0.2) is 9.59 Å². The molecule has 2 rings (SSSR count).